The van der Waals surface area contributed by atoms with E-state index in [0.717, 1.165) is 0 Å². The number of amides is 1. The first-order valence-corrected chi connectivity index (χ1v) is 4.23. The largest absolute Gasteiger partial charge is 0.342 e. The fourth-order valence-corrected chi connectivity index (χ4v) is 0.777. The Morgan fingerprint density at radius 3 is 2.31 bits per heavy atom. The first-order chi connectivity index (χ1) is 5.97. The Morgan fingerprint density at radius 1 is 1.46 bits per heavy atom. The molecule has 0 bridgehead atoms. The first kappa shape index (κ1) is 11.7. The molecule has 3 heteroatoms. The summed E-state index contributed by atoms with van der Waals surface area (Å²) in [4.78, 5) is 21.9. The van der Waals surface area contributed by atoms with Crippen molar-refractivity contribution < 1.29 is 9.59 Å². The van der Waals surface area contributed by atoms with Gasteiger partial charge in [0.2, 0.25) is 5.91 Å². The minimum Gasteiger partial charge on any atom is -0.342 e. The minimum absolute atomic E-state index is 0.0213. The average Bonchev–Trinajstić information content (AvgIpc) is 2.02. The van der Waals surface area contributed by atoms with E-state index in [1.165, 1.54) is 6.92 Å². The molecule has 13 heavy (non-hydrogen) atoms. The van der Waals surface area contributed by atoms with Crippen molar-refractivity contribution in [3.05, 3.63) is 0 Å². The van der Waals surface area contributed by atoms with E-state index >= 15 is 0 Å². The second-order valence-electron chi connectivity index (χ2n) is 3.29. The summed E-state index contributed by atoms with van der Waals surface area (Å²) in [6.07, 6.45) is 5.36. The minimum atomic E-state index is -0.465. The predicted octanol–water partition coefficient (Wildman–Crippen LogP) is 0.739. The second-order valence-corrected chi connectivity index (χ2v) is 3.29. The highest BCUT2D eigenvalue weighted by Gasteiger charge is 2.13. The maximum Gasteiger partial charge on any atom is 0.223 e. The molecule has 0 spiro atoms. The van der Waals surface area contributed by atoms with E-state index in [1.54, 1.807) is 13.8 Å². The van der Waals surface area contributed by atoms with E-state index in [4.69, 9.17) is 6.42 Å². The molecular weight excluding hydrogens is 166 g/mol. The molecule has 1 atom stereocenters. The van der Waals surface area contributed by atoms with E-state index in [9.17, 15) is 9.59 Å². The lowest BCUT2D eigenvalue weighted by atomic mass is 10.1. The van der Waals surface area contributed by atoms with Crippen molar-refractivity contribution in [2.24, 2.45) is 5.92 Å². The molecule has 72 valence electrons. The highest BCUT2D eigenvalue weighted by Crippen LogP contribution is 1.96. The van der Waals surface area contributed by atoms with Gasteiger partial charge in [-0.3, -0.25) is 9.59 Å². The highest BCUT2D eigenvalue weighted by molar-refractivity contribution is 5.81. The molecule has 0 fully saturated rings. The van der Waals surface area contributed by atoms with Crippen LogP contribution >= 0.6 is 0 Å². The molecule has 0 rings (SSSR count). The molecule has 0 aliphatic heterocycles. The lowest BCUT2D eigenvalue weighted by Gasteiger charge is -2.12. The van der Waals surface area contributed by atoms with Gasteiger partial charge in [-0.1, -0.05) is 19.8 Å². The summed E-state index contributed by atoms with van der Waals surface area (Å²) in [5, 5.41) is 2.60. The van der Waals surface area contributed by atoms with Crippen LogP contribution in [0.3, 0.4) is 0 Å². The van der Waals surface area contributed by atoms with Crippen LogP contribution in [-0.4, -0.2) is 17.7 Å². The third-order valence-electron chi connectivity index (χ3n) is 1.53. The summed E-state index contributed by atoms with van der Waals surface area (Å²) in [6.45, 7) is 5.00. The lowest BCUT2D eigenvalue weighted by molar-refractivity contribution is -0.124. The van der Waals surface area contributed by atoms with E-state index in [1.807, 2.05) is 0 Å². The Morgan fingerprint density at radius 2 is 2.00 bits per heavy atom. The van der Waals surface area contributed by atoms with Gasteiger partial charge in [0.15, 0.2) is 0 Å². The average molecular weight is 181 g/mol. The van der Waals surface area contributed by atoms with Crippen molar-refractivity contribution in [3.8, 4) is 12.3 Å². The Bertz CT molecular complexity index is 238. The van der Waals surface area contributed by atoms with Crippen molar-refractivity contribution in [1.29, 1.82) is 0 Å². The molecule has 0 heterocycles. The lowest BCUT2D eigenvalue weighted by Crippen LogP contribution is -2.37. The molecule has 0 saturated heterocycles. The fourth-order valence-electron chi connectivity index (χ4n) is 0.777. The molecule has 0 aliphatic carbocycles. The summed E-state index contributed by atoms with van der Waals surface area (Å²) >= 11 is 0. The number of hydrogen-bond acceptors (Lipinski definition) is 2. The Labute approximate surface area is 78.9 Å². The summed E-state index contributed by atoms with van der Waals surface area (Å²) in [7, 11) is 0. The van der Waals surface area contributed by atoms with Crippen LogP contribution in [0.4, 0.5) is 0 Å². The van der Waals surface area contributed by atoms with Crippen LogP contribution in [0.15, 0.2) is 0 Å². The number of Topliss-reactive ketones (excluding diaryl/α,β-unsaturated/α-hetero) is 1. The van der Waals surface area contributed by atoms with Gasteiger partial charge in [0.05, 0.1) is 6.04 Å². The highest BCUT2D eigenvalue weighted by atomic mass is 16.2. The van der Waals surface area contributed by atoms with Crippen LogP contribution in [0.25, 0.3) is 0 Å². The monoisotopic (exact) mass is 181 g/mol. The van der Waals surface area contributed by atoms with E-state index < -0.39 is 6.04 Å². The van der Waals surface area contributed by atoms with E-state index in [-0.39, 0.29) is 24.0 Å². The molecular formula is C10H15NO2. The van der Waals surface area contributed by atoms with Crippen LogP contribution in [0.1, 0.15) is 27.2 Å². The third-order valence-corrected chi connectivity index (χ3v) is 1.53. The summed E-state index contributed by atoms with van der Waals surface area (Å²) in [5.41, 5.74) is 0. The molecule has 3 nitrogen and oxygen atoms in total. The molecule has 0 aliphatic rings. The van der Waals surface area contributed by atoms with Crippen molar-refractivity contribution in [1.82, 2.24) is 5.32 Å². The van der Waals surface area contributed by atoms with Crippen molar-refractivity contribution in [2.45, 2.75) is 33.2 Å². The van der Waals surface area contributed by atoms with Crippen LogP contribution in [0, 0.1) is 18.3 Å². The summed E-state index contributed by atoms with van der Waals surface area (Å²) in [5.74, 6) is 2.12. The van der Waals surface area contributed by atoms with Gasteiger partial charge in [-0.25, -0.2) is 0 Å². The zero-order valence-corrected chi connectivity index (χ0v) is 8.26. The van der Waals surface area contributed by atoms with Crippen molar-refractivity contribution >= 4 is 11.7 Å². The van der Waals surface area contributed by atoms with Crippen LogP contribution < -0.4 is 5.32 Å². The van der Waals surface area contributed by atoms with Gasteiger partial charge in [0.25, 0.3) is 0 Å². The van der Waals surface area contributed by atoms with E-state index in [2.05, 4.69) is 11.2 Å². The van der Waals surface area contributed by atoms with Gasteiger partial charge in [-0.15, -0.1) is 6.42 Å². The zero-order valence-electron chi connectivity index (χ0n) is 8.26. The number of ketones is 1. The number of terminal acetylenes is 1. The van der Waals surface area contributed by atoms with E-state index in [0.29, 0.717) is 0 Å². The van der Waals surface area contributed by atoms with Gasteiger partial charge < -0.3 is 5.32 Å². The summed E-state index contributed by atoms with van der Waals surface area (Å²) < 4.78 is 0. The number of hydrogen-bond donors (Lipinski definition) is 1. The number of rotatable bonds is 4. The molecule has 0 saturated carbocycles. The molecule has 1 N–H and O–H groups in total. The Hall–Kier alpha value is -1.30. The molecule has 0 aromatic carbocycles. The smallest absolute Gasteiger partial charge is 0.223 e. The molecule has 0 aromatic rings. The molecule has 0 radical (unpaired) electrons. The third kappa shape index (κ3) is 5.02. The summed E-state index contributed by atoms with van der Waals surface area (Å²) in [6, 6.07) is -0.465. The second kappa shape index (κ2) is 5.36. The van der Waals surface area contributed by atoms with Gasteiger partial charge in [-0.2, -0.15) is 0 Å². The molecule has 1 amide bonds. The number of nitrogens with one attached hydrogen (secondary N) is 1. The Kier molecular flexibility index (Phi) is 4.83. The predicted molar refractivity (Wildman–Crippen MR) is 50.9 cm³/mol. The quantitative estimate of drug-likeness (QED) is 0.650. The topological polar surface area (TPSA) is 46.2 Å². The van der Waals surface area contributed by atoms with Crippen molar-refractivity contribution in [3.63, 3.8) is 0 Å². The van der Waals surface area contributed by atoms with Gasteiger partial charge >= 0.3 is 0 Å². The maximum atomic E-state index is 11.2. The number of carbonyl (C=O) groups excluding carboxylic acids is 2. The van der Waals surface area contributed by atoms with Crippen molar-refractivity contribution in [2.75, 3.05) is 0 Å². The van der Waals surface area contributed by atoms with Crippen LogP contribution in [0.2, 0.25) is 0 Å². The fraction of sp³-hybridized carbons (Fsp3) is 0.600. The van der Waals surface area contributed by atoms with Crippen LogP contribution in [0.5, 0.6) is 0 Å². The maximum absolute atomic E-state index is 11.2. The van der Waals surface area contributed by atoms with Gasteiger partial charge in [0.1, 0.15) is 5.78 Å². The number of carbonyl (C=O) groups is 2. The zero-order chi connectivity index (χ0) is 10.4. The standard InChI is InChI=1S/C10H15NO2/c1-5-9(6-8(4)12)11-10(13)7(2)3/h1,7,9H,6H2,2-4H3,(H,11,13)/t9-/m0/s1. The SMILES string of the molecule is C#C[C@@H](CC(C)=O)NC(=O)C(C)C. The van der Waals surface area contributed by atoms with Gasteiger partial charge in [-0.05, 0) is 6.92 Å². The normalized spacial score (nSPS) is 11.9. The first-order valence-electron chi connectivity index (χ1n) is 4.23. The molecule has 0 aromatic heterocycles. The van der Waals surface area contributed by atoms with Gasteiger partial charge in [0, 0.05) is 12.3 Å². The molecule has 0 unspecified atom stereocenters. The van der Waals surface area contributed by atoms with Crippen LogP contribution in [-0.2, 0) is 9.59 Å². The Balaban J connectivity index is 4.08.